The molecule has 12 nitrogen and oxygen atoms in total. The van der Waals surface area contributed by atoms with E-state index in [2.05, 4.69) is 107 Å². The third-order valence-electron chi connectivity index (χ3n) is 22.2. The molecule has 2 heterocycles. The van der Waals surface area contributed by atoms with Crippen LogP contribution in [0, 0.1) is 69.2 Å². The monoisotopic (exact) mass is 1590 g/mol. The first-order chi connectivity index (χ1) is 57.2. The summed E-state index contributed by atoms with van der Waals surface area (Å²) in [6.45, 7) is 30.6. The summed E-state index contributed by atoms with van der Waals surface area (Å²) in [5.41, 5.74) is 23.9. The fraction of sp³-hybridized carbons (Fsp3) is 0.154. The smallest absolute Gasteiger partial charge is 0.311 e. The van der Waals surface area contributed by atoms with Gasteiger partial charge in [-0.1, -0.05) is 195 Å². The highest BCUT2D eigenvalue weighted by molar-refractivity contribution is 7.75. The highest BCUT2D eigenvalue weighted by Gasteiger charge is 2.42. The van der Waals surface area contributed by atoms with Crippen molar-refractivity contribution >= 4 is 48.1 Å². The zero-order valence-electron chi connectivity index (χ0n) is 68.0. The third-order valence-corrected chi connectivity index (χ3v) is 27.2. The van der Waals surface area contributed by atoms with Gasteiger partial charge in [0.1, 0.15) is 109 Å². The van der Waals surface area contributed by atoms with Gasteiger partial charge in [0.2, 0.25) is 0 Å². The van der Waals surface area contributed by atoms with E-state index in [-0.39, 0.29) is 19.8 Å². The highest BCUT2D eigenvalue weighted by Crippen LogP contribution is 2.58. The Morgan fingerprint density at radius 3 is 0.915 bits per heavy atom. The summed E-state index contributed by atoms with van der Waals surface area (Å²) in [6.07, 6.45) is 3.61. The van der Waals surface area contributed by atoms with Gasteiger partial charge in [0.25, 0.3) is 0 Å². The summed E-state index contributed by atoms with van der Waals surface area (Å²) in [4.78, 5) is 0. The Bertz CT molecular complexity index is 6260. The summed E-state index contributed by atoms with van der Waals surface area (Å²) in [6, 6.07) is 86.8. The predicted molar refractivity (Wildman–Crippen MR) is 476 cm³/mol. The minimum absolute atomic E-state index is 0.216. The van der Waals surface area contributed by atoms with E-state index in [1.165, 1.54) is 0 Å². The van der Waals surface area contributed by atoms with Crippen LogP contribution in [0.4, 0.5) is 0 Å². The number of fused-ring (bicyclic) bond motifs is 6. The van der Waals surface area contributed by atoms with Gasteiger partial charge in [-0.15, -0.1) is 0 Å². The molecule has 0 fully saturated rings. The molecule has 0 amide bonds. The fourth-order valence-electron chi connectivity index (χ4n) is 15.6. The van der Waals surface area contributed by atoms with E-state index >= 15 is 9.13 Å². The molecule has 0 aliphatic carbocycles. The summed E-state index contributed by atoms with van der Waals surface area (Å²) in [5, 5.41) is 2.05. The topological polar surface area (TPSA) is 126 Å². The molecule has 16 rings (SSSR count). The Balaban J connectivity index is 0.539. The molecule has 0 radical (unpaired) electrons. The van der Waals surface area contributed by atoms with Crippen LogP contribution in [-0.4, -0.2) is 0 Å². The van der Waals surface area contributed by atoms with Crippen molar-refractivity contribution in [3.05, 3.63) is 380 Å². The van der Waals surface area contributed by atoms with E-state index in [0.717, 1.165) is 168 Å². The van der Waals surface area contributed by atoms with E-state index in [1.54, 1.807) is 18.2 Å². The molecular weight excluding hydrogens is 1500 g/mol. The van der Waals surface area contributed by atoms with Crippen molar-refractivity contribution in [3.63, 3.8) is 0 Å². The Labute approximate surface area is 691 Å². The first-order valence-electron chi connectivity index (χ1n) is 39.6. The standard InChI is InChI=1S/C104H92O12P2/c1-13-75-31-35-77(36-32-75)59-107-83-47-50-96(100(57-83)118(106)98-30-22-18-26-90(98)88-24-16-20-28-94(88)116-118)110-62-80-41-45-82(46-42-80)64-112-102-67(5)53-86(54-68(102)6)114-104-70(8)56-92(72(10)74(104)12)91-55-69(7)103(73(11)71(91)9)113-85-51-65(3)101(66(4)52-85)111-63-81-43-39-78(40-44-81)60-108-84-48-49-95(109-61-79-37-33-76(14-2)34-38-79)99(58-84)117(105)97-29-21-17-25-89(97)87-23-15-19-27-93(87)115-117/h13-58H,1-2,59-64H2,3-12H3. The van der Waals surface area contributed by atoms with E-state index in [0.29, 0.717) is 75.5 Å². The molecule has 0 saturated heterocycles. The fourth-order valence-corrected chi connectivity index (χ4v) is 20.4. The van der Waals surface area contributed by atoms with E-state index in [4.69, 9.17) is 46.9 Å². The molecule has 0 N–H and O–H groups in total. The summed E-state index contributed by atoms with van der Waals surface area (Å²) in [7, 11) is -7.52. The van der Waals surface area contributed by atoms with Crippen molar-refractivity contribution in [2.24, 2.45) is 0 Å². The van der Waals surface area contributed by atoms with E-state index in [9.17, 15) is 0 Å². The van der Waals surface area contributed by atoms with E-state index < -0.39 is 14.7 Å². The van der Waals surface area contributed by atoms with Gasteiger partial charge in [0.15, 0.2) is 0 Å². The summed E-state index contributed by atoms with van der Waals surface area (Å²) >= 11 is 0. The molecule has 2 aliphatic heterocycles. The molecule has 14 aromatic carbocycles. The normalized spacial score (nSPS) is 14.2. The number of benzene rings is 14. The van der Waals surface area contributed by atoms with Crippen LogP contribution in [0.1, 0.15) is 100 Å². The Morgan fingerprint density at radius 2 is 0.568 bits per heavy atom. The van der Waals surface area contributed by atoms with E-state index in [1.807, 2.05) is 237 Å². The van der Waals surface area contributed by atoms with Gasteiger partial charge in [0.05, 0.1) is 21.2 Å². The van der Waals surface area contributed by atoms with Crippen LogP contribution in [0.3, 0.4) is 0 Å². The molecule has 0 saturated carbocycles. The zero-order chi connectivity index (χ0) is 81.9. The molecule has 118 heavy (non-hydrogen) atoms. The molecule has 2 atom stereocenters. The molecule has 2 aliphatic rings. The molecule has 0 aromatic heterocycles. The van der Waals surface area contributed by atoms with Crippen LogP contribution < -0.4 is 68.2 Å². The van der Waals surface area contributed by atoms with Crippen molar-refractivity contribution in [2.75, 3.05) is 0 Å². The Morgan fingerprint density at radius 1 is 0.271 bits per heavy atom. The second kappa shape index (κ2) is 33.7. The Hall–Kier alpha value is -13.0. The number of hydrogen-bond donors (Lipinski definition) is 0. The van der Waals surface area contributed by atoms with Gasteiger partial charge in [-0.2, -0.15) is 0 Å². The Kier molecular flexibility index (Phi) is 22.5. The number of para-hydroxylation sites is 2. The lowest BCUT2D eigenvalue weighted by Crippen LogP contribution is -2.26. The zero-order valence-corrected chi connectivity index (χ0v) is 69.8. The largest absolute Gasteiger partial charge is 0.489 e. The van der Waals surface area contributed by atoms with Crippen LogP contribution in [0.5, 0.6) is 69.0 Å². The van der Waals surface area contributed by atoms with Crippen molar-refractivity contribution in [1.29, 1.82) is 0 Å². The SMILES string of the molecule is C=Cc1ccc(COc2ccc(OCc3ccc(COc4c(C)cc(Oc5c(C)cc(-c6cc(C)c(Oc7cc(C)c(OCc8ccc(COc9ccc(OCc%10ccc(C=C)cc%10)c(P%10(=O)Oc%11ccccc%11-c%11ccccc%11%10)c9)cc8)c(C)c7)c(C)c6C)c(C)c5C)cc4C)cc3)c(P3(=O)Oc4ccccc4-c4ccccc43)c2)cc1. The molecule has 14 heteroatoms. The van der Waals surface area contributed by atoms with Gasteiger partial charge < -0.3 is 46.9 Å². The van der Waals surface area contributed by atoms with Crippen LogP contribution in [0.25, 0.3) is 45.5 Å². The average molecular weight is 1600 g/mol. The highest BCUT2D eigenvalue weighted by atomic mass is 31.2. The maximum atomic E-state index is 15.6. The number of ether oxygens (including phenoxy) is 8. The second-order valence-corrected chi connectivity index (χ2v) is 34.9. The molecule has 2 unspecified atom stereocenters. The van der Waals surface area contributed by atoms with Crippen molar-refractivity contribution < 1.29 is 56.1 Å². The van der Waals surface area contributed by atoms with Crippen LogP contribution in [0.2, 0.25) is 0 Å². The lowest BCUT2D eigenvalue weighted by Gasteiger charge is -2.30. The summed E-state index contributed by atoms with van der Waals surface area (Å²) < 4.78 is 97.0. The molecular formula is C104H92O12P2. The molecule has 0 bridgehead atoms. The van der Waals surface area contributed by atoms with Crippen LogP contribution in [0.15, 0.2) is 280 Å². The van der Waals surface area contributed by atoms with Gasteiger partial charge in [-0.3, -0.25) is 9.13 Å². The van der Waals surface area contributed by atoms with Crippen LogP contribution >= 0.6 is 14.7 Å². The minimum Gasteiger partial charge on any atom is -0.489 e. The number of hydrogen-bond acceptors (Lipinski definition) is 12. The van der Waals surface area contributed by atoms with Crippen LogP contribution in [-0.2, 0) is 48.8 Å². The van der Waals surface area contributed by atoms with Crippen molar-refractivity contribution in [1.82, 2.24) is 0 Å². The molecule has 590 valence electrons. The second-order valence-electron chi connectivity index (χ2n) is 30.4. The summed E-state index contributed by atoms with van der Waals surface area (Å²) in [5.74, 6) is 7.80. The van der Waals surface area contributed by atoms with Gasteiger partial charge in [-0.25, -0.2) is 0 Å². The lowest BCUT2D eigenvalue weighted by molar-refractivity contribution is 0.297. The number of aryl methyl sites for hydroxylation is 6. The van der Waals surface area contributed by atoms with Gasteiger partial charge in [0, 0.05) is 11.1 Å². The van der Waals surface area contributed by atoms with Crippen molar-refractivity contribution in [3.8, 4) is 102 Å². The first kappa shape index (κ1) is 78.9. The molecule has 14 aromatic rings. The van der Waals surface area contributed by atoms with Gasteiger partial charge >= 0.3 is 14.7 Å². The minimum atomic E-state index is -3.77. The quantitative estimate of drug-likeness (QED) is 0.0455. The maximum absolute atomic E-state index is 15.6. The maximum Gasteiger partial charge on any atom is 0.311 e. The van der Waals surface area contributed by atoms with Crippen molar-refractivity contribution in [2.45, 2.75) is 109 Å². The number of rotatable bonds is 27. The average Bonchev–Trinajstić information content (AvgIpc) is 0.678. The lowest BCUT2D eigenvalue weighted by atomic mass is 9.88. The predicted octanol–water partition coefficient (Wildman–Crippen LogP) is 25.4. The third kappa shape index (κ3) is 16.2. The molecule has 0 spiro atoms. The first-order valence-corrected chi connectivity index (χ1v) is 42.9. The van der Waals surface area contributed by atoms with Gasteiger partial charge in [-0.05, 0) is 289 Å².